The van der Waals surface area contributed by atoms with Gasteiger partial charge in [-0.2, -0.15) is 0 Å². The van der Waals surface area contributed by atoms with Crippen molar-refractivity contribution < 1.29 is 9.47 Å². The van der Waals surface area contributed by atoms with Gasteiger partial charge in [-0.1, -0.05) is 13.0 Å². The normalized spacial score (nSPS) is 32.4. The van der Waals surface area contributed by atoms with Crippen molar-refractivity contribution in [2.24, 2.45) is 0 Å². The smallest absolute Gasteiger partial charge is 0.119 e. The standard InChI is InChI=1S/C18H27NO2/c1-17-8-5-9-19(2)18(12-17,13-20-3)11-14-6-7-15(21-4)10-16(14)17/h6-7,10H,5,8-9,11-13H2,1-4H3/t17-,18-/m1/s1. The summed E-state index contributed by atoms with van der Waals surface area (Å²) in [5.74, 6) is 0.979. The molecule has 1 aliphatic heterocycles. The van der Waals surface area contributed by atoms with Gasteiger partial charge in [-0.25, -0.2) is 0 Å². The predicted octanol–water partition coefficient (Wildman–Crippen LogP) is 3.01. The molecular weight excluding hydrogens is 262 g/mol. The highest BCUT2D eigenvalue weighted by molar-refractivity contribution is 5.44. The number of fused-ring (bicyclic) bond motifs is 4. The lowest BCUT2D eigenvalue weighted by Gasteiger charge is -2.49. The zero-order valence-electron chi connectivity index (χ0n) is 13.7. The quantitative estimate of drug-likeness (QED) is 0.854. The maximum atomic E-state index is 5.62. The van der Waals surface area contributed by atoms with Gasteiger partial charge in [0.15, 0.2) is 0 Å². The van der Waals surface area contributed by atoms with Crippen molar-refractivity contribution in [3.05, 3.63) is 29.3 Å². The molecule has 0 N–H and O–H groups in total. The summed E-state index contributed by atoms with van der Waals surface area (Å²) in [5.41, 5.74) is 3.33. The van der Waals surface area contributed by atoms with Gasteiger partial charge in [0.05, 0.1) is 13.7 Å². The Hall–Kier alpha value is -1.06. The minimum atomic E-state index is 0.140. The van der Waals surface area contributed by atoms with Crippen molar-refractivity contribution in [1.29, 1.82) is 0 Å². The van der Waals surface area contributed by atoms with Crippen LogP contribution in [0.4, 0.5) is 0 Å². The van der Waals surface area contributed by atoms with Crippen molar-refractivity contribution in [2.75, 3.05) is 34.4 Å². The maximum absolute atomic E-state index is 5.62. The van der Waals surface area contributed by atoms with E-state index in [1.54, 1.807) is 7.11 Å². The molecule has 1 aliphatic carbocycles. The Morgan fingerprint density at radius 1 is 1.29 bits per heavy atom. The Labute approximate surface area is 128 Å². The van der Waals surface area contributed by atoms with Crippen LogP contribution in [0, 0.1) is 0 Å². The van der Waals surface area contributed by atoms with Gasteiger partial charge < -0.3 is 9.47 Å². The summed E-state index contributed by atoms with van der Waals surface area (Å²) in [6, 6.07) is 6.62. The molecule has 116 valence electrons. The summed E-state index contributed by atoms with van der Waals surface area (Å²) < 4.78 is 11.1. The zero-order valence-corrected chi connectivity index (χ0v) is 13.7. The van der Waals surface area contributed by atoms with Gasteiger partial charge in [0.2, 0.25) is 0 Å². The number of nitrogens with zero attached hydrogens (tertiary/aromatic N) is 1. The van der Waals surface area contributed by atoms with Crippen LogP contribution in [0.1, 0.15) is 37.3 Å². The second-order valence-electron chi connectivity index (χ2n) is 7.12. The average Bonchev–Trinajstić information content (AvgIpc) is 2.56. The largest absolute Gasteiger partial charge is 0.497 e. The van der Waals surface area contributed by atoms with Crippen molar-refractivity contribution >= 4 is 0 Å². The first kappa shape index (κ1) is 14.9. The second kappa shape index (κ2) is 5.29. The summed E-state index contributed by atoms with van der Waals surface area (Å²) in [4.78, 5) is 2.54. The number of hydrogen-bond acceptors (Lipinski definition) is 3. The van der Waals surface area contributed by atoms with Crippen LogP contribution in [-0.4, -0.2) is 44.9 Å². The fourth-order valence-electron chi connectivity index (χ4n) is 4.55. The summed E-state index contributed by atoms with van der Waals surface area (Å²) in [7, 11) is 5.84. The van der Waals surface area contributed by atoms with Crippen LogP contribution in [0.2, 0.25) is 0 Å². The van der Waals surface area contributed by atoms with E-state index in [2.05, 4.69) is 37.1 Å². The molecule has 21 heavy (non-hydrogen) atoms. The summed E-state index contributed by atoms with van der Waals surface area (Å²) >= 11 is 0. The molecule has 3 rings (SSSR count). The Morgan fingerprint density at radius 3 is 2.81 bits per heavy atom. The third-order valence-electron chi connectivity index (χ3n) is 5.65. The van der Waals surface area contributed by atoms with E-state index in [1.807, 2.05) is 7.11 Å². The van der Waals surface area contributed by atoms with Crippen LogP contribution in [-0.2, 0) is 16.6 Å². The van der Waals surface area contributed by atoms with E-state index in [0.717, 1.165) is 25.3 Å². The highest BCUT2D eigenvalue weighted by Crippen LogP contribution is 2.49. The van der Waals surface area contributed by atoms with Crippen LogP contribution in [0.15, 0.2) is 18.2 Å². The number of ether oxygens (including phenoxy) is 2. The van der Waals surface area contributed by atoms with Crippen molar-refractivity contribution in [2.45, 2.75) is 43.6 Å². The molecule has 0 saturated carbocycles. The first-order chi connectivity index (χ1) is 10.0. The number of benzene rings is 1. The number of likely N-dealkylation sites (tertiary alicyclic amines) is 1. The van der Waals surface area contributed by atoms with Gasteiger partial charge in [-0.3, -0.25) is 4.90 Å². The summed E-state index contributed by atoms with van der Waals surface area (Å²) in [6.45, 7) is 4.39. The molecule has 1 fully saturated rings. The first-order valence-electron chi connectivity index (χ1n) is 7.91. The number of methoxy groups -OCH3 is 2. The van der Waals surface area contributed by atoms with Crippen molar-refractivity contribution in [3.63, 3.8) is 0 Å². The van der Waals surface area contributed by atoms with E-state index in [4.69, 9.17) is 9.47 Å². The van der Waals surface area contributed by atoms with Crippen molar-refractivity contribution in [3.8, 4) is 5.75 Å². The fraction of sp³-hybridized carbons (Fsp3) is 0.667. The molecule has 1 saturated heterocycles. The van der Waals surface area contributed by atoms with E-state index in [-0.39, 0.29) is 11.0 Å². The Balaban J connectivity index is 2.11. The topological polar surface area (TPSA) is 21.7 Å². The van der Waals surface area contributed by atoms with Crippen LogP contribution < -0.4 is 4.74 Å². The third-order valence-corrected chi connectivity index (χ3v) is 5.65. The predicted molar refractivity (Wildman–Crippen MR) is 85.1 cm³/mol. The Kier molecular flexibility index (Phi) is 3.74. The summed E-state index contributed by atoms with van der Waals surface area (Å²) in [6.07, 6.45) is 4.73. The maximum Gasteiger partial charge on any atom is 0.119 e. The summed E-state index contributed by atoms with van der Waals surface area (Å²) in [5, 5.41) is 0. The molecule has 2 bridgehead atoms. The van der Waals surface area contributed by atoms with Gasteiger partial charge >= 0.3 is 0 Å². The van der Waals surface area contributed by atoms with E-state index in [1.165, 1.54) is 30.4 Å². The molecular formula is C18H27NO2. The molecule has 0 spiro atoms. The van der Waals surface area contributed by atoms with Gasteiger partial charge in [0, 0.05) is 12.6 Å². The lowest BCUT2D eigenvalue weighted by atomic mass is 9.63. The molecule has 0 aromatic heterocycles. The van der Waals surface area contributed by atoms with Gasteiger partial charge in [-0.15, -0.1) is 0 Å². The molecule has 3 nitrogen and oxygen atoms in total. The van der Waals surface area contributed by atoms with Crippen molar-refractivity contribution in [1.82, 2.24) is 4.90 Å². The van der Waals surface area contributed by atoms with Gasteiger partial charge in [0.1, 0.15) is 5.75 Å². The highest BCUT2D eigenvalue weighted by atomic mass is 16.5. The second-order valence-corrected chi connectivity index (χ2v) is 7.12. The number of rotatable bonds is 3. The van der Waals surface area contributed by atoms with Crippen LogP contribution >= 0.6 is 0 Å². The van der Waals surface area contributed by atoms with Crippen LogP contribution in [0.25, 0.3) is 0 Å². The molecule has 1 aromatic rings. The molecule has 0 radical (unpaired) electrons. The Morgan fingerprint density at radius 2 is 2.10 bits per heavy atom. The minimum absolute atomic E-state index is 0.140. The lowest BCUT2D eigenvalue weighted by Crippen LogP contribution is -2.56. The third kappa shape index (κ3) is 2.36. The number of hydrogen-bond donors (Lipinski definition) is 0. The lowest BCUT2D eigenvalue weighted by molar-refractivity contribution is 0.00978. The minimum Gasteiger partial charge on any atom is -0.497 e. The molecule has 2 atom stereocenters. The molecule has 2 aliphatic rings. The van der Waals surface area contributed by atoms with E-state index in [0.29, 0.717) is 0 Å². The van der Waals surface area contributed by atoms with E-state index in [9.17, 15) is 0 Å². The SMILES string of the molecule is COC[C@]12Cc3ccc(OC)cc3[C@](C)(CCCN1C)C2. The molecule has 1 aromatic carbocycles. The van der Waals surface area contributed by atoms with Crippen LogP contribution in [0.5, 0.6) is 5.75 Å². The highest BCUT2D eigenvalue weighted by Gasteiger charge is 2.49. The van der Waals surface area contributed by atoms with Gasteiger partial charge in [-0.05, 0) is 68.0 Å². The average molecular weight is 289 g/mol. The Bertz CT molecular complexity index is 530. The van der Waals surface area contributed by atoms with E-state index < -0.39 is 0 Å². The number of likely N-dealkylation sites (N-methyl/N-ethyl adjacent to an activating group) is 1. The van der Waals surface area contributed by atoms with Crippen LogP contribution in [0.3, 0.4) is 0 Å². The zero-order chi connectivity index (χ0) is 15.1. The molecule has 1 heterocycles. The molecule has 0 unspecified atom stereocenters. The monoisotopic (exact) mass is 289 g/mol. The molecule has 3 heteroatoms. The first-order valence-corrected chi connectivity index (χ1v) is 7.91. The van der Waals surface area contributed by atoms with E-state index >= 15 is 0 Å². The molecule has 0 amide bonds. The fourth-order valence-corrected chi connectivity index (χ4v) is 4.55. The van der Waals surface area contributed by atoms with Gasteiger partial charge in [0.25, 0.3) is 0 Å².